The lowest BCUT2D eigenvalue weighted by Gasteiger charge is -2.18. The minimum Gasteiger partial charge on any atom is -0.493 e. The first-order valence-corrected chi connectivity index (χ1v) is 5.66. The molecule has 0 radical (unpaired) electrons. The minimum absolute atomic E-state index is 0.285. The summed E-state index contributed by atoms with van der Waals surface area (Å²) in [4.78, 5) is 11.5. The highest BCUT2D eigenvalue weighted by Gasteiger charge is 2.16. The van der Waals surface area contributed by atoms with Crippen LogP contribution in [0.15, 0.2) is 18.2 Å². The molecule has 18 heavy (non-hydrogen) atoms. The molecule has 0 aliphatic rings. The van der Waals surface area contributed by atoms with Crippen molar-refractivity contribution in [3.05, 3.63) is 23.8 Å². The second-order valence-electron chi connectivity index (χ2n) is 4.66. The summed E-state index contributed by atoms with van der Waals surface area (Å²) in [5, 5.41) is 9.57. The molecule has 1 aromatic carbocycles. The van der Waals surface area contributed by atoms with Crippen molar-refractivity contribution in [3.63, 3.8) is 0 Å². The highest BCUT2D eigenvalue weighted by Crippen LogP contribution is 2.23. The molecule has 0 saturated carbocycles. The summed E-state index contributed by atoms with van der Waals surface area (Å²) in [5.41, 5.74) is 5.56. The van der Waals surface area contributed by atoms with Gasteiger partial charge in [-0.25, -0.2) is 4.79 Å². The number of benzene rings is 1. The SMILES string of the molecule is COC(=O)c1cc(N)ccc1OCCC(C)(C)O. The molecule has 0 aliphatic carbocycles. The van der Waals surface area contributed by atoms with Crippen molar-refractivity contribution in [2.45, 2.75) is 25.9 Å². The van der Waals surface area contributed by atoms with Crippen LogP contribution in [0.25, 0.3) is 0 Å². The lowest BCUT2D eigenvalue weighted by Crippen LogP contribution is -2.22. The molecule has 100 valence electrons. The number of anilines is 1. The van der Waals surface area contributed by atoms with E-state index in [1.807, 2.05) is 0 Å². The summed E-state index contributed by atoms with van der Waals surface area (Å²) in [7, 11) is 1.30. The molecule has 1 rings (SSSR count). The molecule has 5 heteroatoms. The van der Waals surface area contributed by atoms with Crippen molar-refractivity contribution in [3.8, 4) is 5.75 Å². The van der Waals surface area contributed by atoms with Gasteiger partial charge in [-0.05, 0) is 32.0 Å². The molecule has 1 aromatic rings. The van der Waals surface area contributed by atoms with E-state index in [4.69, 9.17) is 10.5 Å². The molecule has 3 N–H and O–H groups in total. The standard InChI is InChI=1S/C13H19NO4/c1-13(2,16)6-7-18-11-5-4-9(14)8-10(11)12(15)17-3/h4-5,8,16H,6-7,14H2,1-3H3. The van der Waals surface area contributed by atoms with E-state index < -0.39 is 11.6 Å². The predicted molar refractivity (Wildman–Crippen MR) is 68.6 cm³/mol. The smallest absolute Gasteiger partial charge is 0.341 e. The monoisotopic (exact) mass is 253 g/mol. The first kappa shape index (κ1) is 14.3. The Bertz CT molecular complexity index is 423. The van der Waals surface area contributed by atoms with Crippen LogP contribution in [0.4, 0.5) is 5.69 Å². The van der Waals surface area contributed by atoms with E-state index in [0.29, 0.717) is 24.5 Å². The largest absolute Gasteiger partial charge is 0.493 e. The van der Waals surface area contributed by atoms with Crippen LogP contribution in [0, 0.1) is 0 Å². The quantitative estimate of drug-likeness (QED) is 0.615. The van der Waals surface area contributed by atoms with Crippen molar-refractivity contribution in [1.29, 1.82) is 0 Å². The molecule has 0 spiro atoms. The fourth-order valence-corrected chi connectivity index (χ4v) is 1.35. The van der Waals surface area contributed by atoms with Gasteiger partial charge < -0.3 is 20.3 Å². The molecule has 0 fully saturated rings. The van der Waals surface area contributed by atoms with E-state index in [2.05, 4.69) is 4.74 Å². The maximum Gasteiger partial charge on any atom is 0.341 e. The van der Waals surface area contributed by atoms with E-state index >= 15 is 0 Å². The van der Waals surface area contributed by atoms with Gasteiger partial charge in [0.1, 0.15) is 11.3 Å². The molecule has 0 aliphatic heterocycles. The molecule has 0 heterocycles. The highest BCUT2D eigenvalue weighted by molar-refractivity contribution is 5.93. The van der Waals surface area contributed by atoms with Crippen LogP contribution in [0.5, 0.6) is 5.75 Å². The van der Waals surface area contributed by atoms with Gasteiger partial charge in [0, 0.05) is 12.1 Å². The Hall–Kier alpha value is -1.75. The van der Waals surface area contributed by atoms with E-state index in [-0.39, 0.29) is 5.56 Å². The molecular formula is C13H19NO4. The third-order valence-electron chi connectivity index (χ3n) is 2.38. The summed E-state index contributed by atoms with van der Waals surface area (Å²) >= 11 is 0. The van der Waals surface area contributed by atoms with Gasteiger partial charge in [-0.2, -0.15) is 0 Å². The van der Waals surface area contributed by atoms with Gasteiger partial charge in [-0.3, -0.25) is 0 Å². The van der Waals surface area contributed by atoms with Crippen LogP contribution in [0.1, 0.15) is 30.6 Å². The first-order valence-electron chi connectivity index (χ1n) is 5.66. The van der Waals surface area contributed by atoms with E-state index in [1.54, 1.807) is 26.0 Å². The van der Waals surface area contributed by atoms with E-state index in [9.17, 15) is 9.90 Å². The Balaban J connectivity index is 2.79. The number of carbonyl (C=O) groups excluding carboxylic acids is 1. The summed E-state index contributed by atoms with van der Waals surface area (Å²) in [6.45, 7) is 3.69. The van der Waals surface area contributed by atoms with Gasteiger partial charge in [0.2, 0.25) is 0 Å². The first-order chi connectivity index (χ1) is 8.33. The molecular weight excluding hydrogens is 234 g/mol. The number of esters is 1. The van der Waals surface area contributed by atoms with Gasteiger partial charge in [0.05, 0.1) is 19.3 Å². The number of ether oxygens (including phenoxy) is 2. The van der Waals surface area contributed by atoms with Crippen LogP contribution in [-0.4, -0.2) is 30.4 Å². The normalized spacial score (nSPS) is 11.1. The summed E-state index contributed by atoms with van der Waals surface area (Å²) < 4.78 is 10.1. The highest BCUT2D eigenvalue weighted by atomic mass is 16.5. The Labute approximate surface area is 107 Å². The Morgan fingerprint density at radius 3 is 2.67 bits per heavy atom. The molecule has 0 unspecified atom stereocenters. The summed E-state index contributed by atoms with van der Waals surface area (Å²) in [6, 6.07) is 4.77. The van der Waals surface area contributed by atoms with Crippen molar-refractivity contribution in [2.24, 2.45) is 0 Å². The molecule has 0 aromatic heterocycles. The number of methoxy groups -OCH3 is 1. The van der Waals surface area contributed by atoms with Crippen molar-refractivity contribution < 1.29 is 19.4 Å². The number of rotatable bonds is 5. The third-order valence-corrected chi connectivity index (χ3v) is 2.38. The molecule has 0 atom stereocenters. The van der Waals surface area contributed by atoms with Crippen LogP contribution in [0.3, 0.4) is 0 Å². The fourth-order valence-electron chi connectivity index (χ4n) is 1.35. The molecule has 0 bridgehead atoms. The number of nitrogens with two attached hydrogens (primary N) is 1. The molecule has 0 amide bonds. The average molecular weight is 253 g/mol. The maximum absolute atomic E-state index is 11.5. The number of carbonyl (C=O) groups is 1. The second kappa shape index (κ2) is 5.73. The number of hydrogen-bond donors (Lipinski definition) is 2. The topological polar surface area (TPSA) is 81.8 Å². The molecule has 0 saturated heterocycles. The van der Waals surface area contributed by atoms with Crippen LogP contribution < -0.4 is 10.5 Å². The second-order valence-corrected chi connectivity index (χ2v) is 4.66. The lowest BCUT2D eigenvalue weighted by atomic mass is 10.1. The zero-order valence-corrected chi connectivity index (χ0v) is 10.9. The minimum atomic E-state index is -0.806. The van der Waals surface area contributed by atoms with Crippen LogP contribution >= 0.6 is 0 Å². The fraction of sp³-hybridized carbons (Fsp3) is 0.462. The van der Waals surface area contributed by atoms with Gasteiger partial charge in [0.25, 0.3) is 0 Å². The van der Waals surface area contributed by atoms with Crippen LogP contribution in [-0.2, 0) is 4.74 Å². The Kier molecular flexibility index (Phi) is 4.55. The van der Waals surface area contributed by atoms with E-state index in [1.165, 1.54) is 13.2 Å². The maximum atomic E-state index is 11.5. The Morgan fingerprint density at radius 2 is 2.11 bits per heavy atom. The van der Waals surface area contributed by atoms with Gasteiger partial charge in [-0.15, -0.1) is 0 Å². The number of aliphatic hydroxyl groups is 1. The summed E-state index contributed by atoms with van der Waals surface area (Å²) in [6.07, 6.45) is 0.456. The van der Waals surface area contributed by atoms with Gasteiger partial charge >= 0.3 is 5.97 Å². The molecule has 5 nitrogen and oxygen atoms in total. The van der Waals surface area contributed by atoms with Crippen molar-refractivity contribution in [2.75, 3.05) is 19.5 Å². The zero-order valence-electron chi connectivity index (χ0n) is 10.9. The van der Waals surface area contributed by atoms with Gasteiger partial charge in [0.15, 0.2) is 0 Å². The van der Waals surface area contributed by atoms with Crippen molar-refractivity contribution >= 4 is 11.7 Å². The number of hydrogen-bond acceptors (Lipinski definition) is 5. The lowest BCUT2D eigenvalue weighted by molar-refractivity contribution is 0.0539. The Morgan fingerprint density at radius 1 is 1.44 bits per heavy atom. The van der Waals surface area contributed by atoms with Crippen LogP contribution in [0.2, 0.25) is 0 Å². The third kappa shape index (κ3) is 4.25. The van der Waals surface area contributed by atoms with E-state index in [0.717, 1.165) is 0 Å². The number of nitrogen functional groups attached to an aromatic ring is 1. The van der Waals surface area contributed by atoms with Crippen molar-refractivity contribution in [1.82, 2.24) is 0 Å². The average Bonchev–Trinajstić information content (AvgIpc) is 2.28. The predicted octanol–water partition coefficient (Wildman–Crippen LogP) is 1.60. The summed E-state index contributed by atoms with van der Waals surface area (Å²) in [5.74, 6) is -0.0964. The zero-order chi connectivity index (χ0) is 13.8. The van der Waals surface area contributed by atoms with Gasteiger partial charge in [-0.1, -0.05) is 0 Å².